The average Bonchev–Trinajstić information content (AvgIpc) is 3.59. The zero-order valence-corrected chi connectivity index (χ0v) is 21.2. The number of nitrogens with one attached hydrogen (secondary N) is 2. The SMILES string of the molecule is O=C(COC(=O)[C@H](Cc1ccccc1)N1C(=O)[C@@H]2[C@H](C1=O)[C@H]1C=C[C@H]2C1)NNC(=O)c1ccc(Br)cc1. The van der Waals surface area contributed by atoms with Crippen molar-refractivity contribution in [3.8, 4) is 0 Å². The molecule has 4 amide bonds. The standard InChI is InChI=1S/C27H24BrN3O6/c28-19-10-8-16(9-11-19)24(33)30-29-21(32)14-37-27(36)20(12-15-4-2-1-3-5-15)31-25(34)22-17-6-7-18(13-17)23(22)26(31)35/h1-11,17-18,20,22-23H,12-14H2,(H,29,32)(H,30,33)/t17-,18-,20-,22-,23+/m0/s1. The minimum Gasteiger partial charge on any atom is -0.454 e. The zero-order valence-electron chi connectivity index (χ0n) is 19.6. The number of hydrogen-bond acceptors (Lipinski definition) is 6. The number of carbonyl (C=O) groups excluding carboxylic acids is 5. The number of rotatable bonds is 7. The van der Waals surface area contributed by atoms with Crippen LogP contribution in [-0.4, -0.2) is 47.1 Å². The van der Waals surface area contributed by atoms with E-state index in [1.165, 1.54) is 0 Å². The maximum absolute atomic E-state index is 13.3. The Labute approximate surface area is 221 Å². The molecule has 5 rings (SSSR count). The highest BCUT2D eigenvalue weighted by Crippen LogP contribution is 2.53. The molecule has 0 unspecified atom stereocenters. The highest BCUT2D eigenvalue weighted by molar-refractivity contribution is 9.10. The van der Waals surface area contributed by atoms with Gasteiger partial charge in [-0.15, -0.1) is 0 Å². The molecule has 1 aliphatic heterocycles. The molecular weight excluding hydrogens is 542 g/mol. The van der Waals surface area contributed by atoms with Gasteiger partial charge in [0, 0.05) is 16.5 Å². The Morgan fingerprint density at radius 2 is 1.54 bits per heavy atom. The summed E-state index contributed by atoms with van der Waals surface area (Å²) in [5.74, 6) is -3.80. The number of hydrogen-bond donors (Lipinski definition) is 2. The molecule has 1 heterocycles. The van der Waals surface area contributed by atoms with Crippen LogP contribution in [0.2, 0.25) is 0 Å². The van der Waals surface area contributed by atoms with E-state index in [1.807, 2.05) is 18.2 Å². The van der Waals surface area contributed by atoms with Gasteiger partial charge in [0.1, 0.15) is 6.04 Å². The largest absolute Gasteiger partial charge is 0.454 e. The average molecular weight is 566 g/mol. The second kappa shape index (κ2) is 10.3. The molecule has 1 saturated heterocycles. The number of allylic oxidation sites excluding steroid dienone is 2. The Morgan fingerprint density at radius 1 is 0.919 bits per heavy atom. The molecular formula is C27H24BrN3O6. The summed E-state index contributed by atoms with van der Waals surface area (Å²) >= 11 is 3.28. The lowest BCUT2D eigenvalue weighted by atomic mass is 9.85. The first-order chi connectivity index (χ1) is 17.8. The van der Waals surface area contributed by atoms with Crippen LogP contribution in [0.4, 0.5) is 0 Å². The maximum atomic E-state index is 13.3. The Morgan fingerprint density at radius 3 is 2.16 bits per heavy atom. The minimum atomic E-state index is -1.20. The summed E-state index contributed by atoms with van der Waals surface area (Å²) < 4.78 is 6.02. The molecule has 0 radical (unpaired) electrons. The molecule has 2 N–H and O–H groups in total. The van der Waals surface area contributed by atoms with Crippen LogP contribution in [-0.2, 0) is 30.3 Å². The predicted octanol–water partition coefficient (Wildman–Crippen LogP) is 2.17. The fourth-order valence-corrected chi connectivity index (χ4v) is 5.68. The van der Waals surface area contributed by atoms with Crippen LogP contribution in [0, 0.1) is 23.7 Å². The van der Waals surface area contributed by atoms with Gasteiger partial charge >= 0.3 is 5.97 Å². The number of imide groups is 1. The Kier molecular flexibility index (Phi) is 6.92. The quantitative estimate of drug-likeness (QED) is 0.229. The number of nitrogens with zero attached hydrogens (tertiary/aromatic N) is 1. The fraction of sp³-hybridized carbons (Fsp3) is 0.296. The summed E-state index contributed by atoms with van der Waals surface area (Å²) in [6, 6.07) is 14.3. The van der Waals surface area contributed by atoms with Gasteiger partial charge in [-0.25, -0.2) is 4.79 Å². The van der Waals surface area contributed by atoms with E-state index >= 15 is 0 Å². The summed E-state index contributed by atoms with van der Waals surface area (Å²) in [7, 11) is 0. The Hall–Kier alpha value is -3.79. The van der Waals surface area contributed by atoms with Crippen molar-refractivity contribution < 1.29 is 28.7 Å². The van der Waals surface area contributed by atoms with Gasteiger partial charge in [0.05, 0.1) is 11.8 Å². The molecule has 2 aromatic rings. The van der Waals surface area contributed by atoms with Crippen LogP contribution in [0.3, 0.4) is 0 Å². The molecule has 0 aromatic heterocycles. The van der Waals surface area contributed by atoms with Gasteiger partial charge in [-0.2, -0.15) is 0 Å². The number of fused-ring (bicyclic) bond motifs is 5. The summed E-state index contributed by atoms with van der Waals surface area (Å²) in [5, 5.41) is 0. The van der Waals surface area contributed by atoms with Gasteiger partial charge in [0.25, 0.3) is 11.8 Å². The lowest BCUT2D eigenvalue weighted by Gasteiger charge is -2.26. The first-order valence-corrected chi connectivity index (χ1v) is 12.7. The van der Waals surface area contributed by atoms with Gasteiger partial charge < -0.3 is 4.74 Å². The summed E-state index contributed by atoms with van der Waals surface area (Å²) in [6.07, 6.45) is 4.82. The topological polar surface area (TPSA) is 122 Å². The molecule has 1 saturated carbocycles. The van der Waals surface area contributed by atoms with E-state index in [0.717, 1.165) is 21.4 Å². The van der Waals surface area contributed by atoms with Crippen molar-refractivity contribution in [3.05, 3.63) is 82.3 Å². The van der Waals surface area contributed by atoms with E-state index in [-0.39, 0.29) is 30.1 Å². The lowest BCUT2D eigenvalue weighted by Crippen LogP contribution is -2.49. The summed E-state index contributed by atoms with van der Waals surface area (Å²) in [4.78, 5) is 65.3. The van der Waals surface area contributed by atoms with Crippen molar-refractivity contribution in [2.24, 2.45) is 23.7 Å². The van der Waals surface area contributed by atoms with E-state index in [1.54, 1.807) is 48.5 Å². The smallest absolute Gasteiger partial charge is 0.330 e. The molecule has 0 spiro atoms. The summed E-state index contributed by atoms with van der Waals surface area (Å²) in [5.41, 5.74) is 5.52. The first-order valence-electron chi connectivity index (χ1n) is 11.9. The van der Waals surface area contributed by atoms with Crippen LogP contribution in [0.5, 0.6) is 0 Å². The number of ether oxygens (including phenoxy) is 1. The Bertz CT molecular complexity index is 1250. The van der Waals surface area contributed by atoms with Crippen LogP contribution < -0.4 is 10.9 Å². The van der Waals surface area contributed by atoms with Crippen molar-refractivity contribution >= 4 is 45.5 Å². The minimum absolute atomic E-state index is 0.00459. The number of amides is 4. The highest BCUT2D eigenvalue weighted by Gasteiger charge is 2.61. The molecule has 3 aliphatic rings. The summed E-state index contributed by atoms with van der Waals surface area (Å²) in [6.45, 7) is -0.694. The van der Waals surface area contributed by atoms with Gasteiger partial charge in [-0.1, -0.05) is 58.4 Å². The first kappa shape index (κ1) is 24.9. The molecule has 37 heavy (non-hydrogen) atoms. The van der Waals surface area contributed by atoms with Crippen LogP contribution in [0.15, 0.2) is 71.2 Å². The third-order valence-corrected chi connectivity index (χ3v) is 7.66. The van der Waals surface area contributed by atoms with Crippen molar-refractivity contribution in [1.29, 1.82) is 0 Å². The van der Waals surface area contributed by atoms with Crippen molar-refractivity contribution in [3.63, 3.8) is 0 Å². The Balaban J connectivity index is 1.24. The highest BCUT2D eigenvalue weighted by atomic mass is 79.9. The number of carbonyl (C=O) groups is 5. The van der Waals surface area contributed by atoms with Gasteiger partial charge in [-0.3, -0.25) is 34.9 Å². The number of esters is 1. The van der Waals surface area contributed by atoms with E-state index in [9.17, 15) is 24.0 Å². The normalized spacial score (nSPS) is 24.1. The predicted molar refractivity (Wildman–Crippen MR) is 134 cm³/mol. The third-order valence-electron chi connectivity index (χ3n) is 7.13. The van der Waals surface area contributed by atoms with E-state index in [0.29, 0.717) is 5.56 Å². The van der Waals surface area contributed by atoms with Crippen molar-refractivity contribution in [1.82, 2.24) is 15.8 Å². The number of likely N-dealkylation sites (tertiary alicyclic amines) is 1. The molecule has 5 atom stereocenters. The fourth-order valence-electron chi connectivity index (χ4n) is 5.42. The maximum Gasteiger partial charge on any atom is 0.330 e. The second-order valence-corrected chi connectivity index (χ2v) is 10.3. The van der Waals surface area contributed by atoms with Crippen molar-refractivity contribution in [2.45, 2.75) is 18.9 Å². The van der Waals surface area contributed by atoms with Crippen LogP contribution in [0.25, 0.3) is 0 Å². The van der Waals surface area contributed by atoms with Crippen molar-refractivity contribution in [2.75, 3.05) is 6.61 Å². The van der Waals surface area contributed by atoms with Gasteiger partial charge in [0.15, 0.2) is 6.61 Å². The number of halogens is 1. The zero-order chi connectivity index (χ0) is 26.1. The third kappa shape index (κ3) is 4.93. The molecule has 2 bridgehead atoms. The number of benzene rings is 2. The van der Waals surface area contributed by atoms with Gasteiger partial charge in [0.2, 0.25) is 11.8 Å². The van der Waals surface area contributed by atoms with Crippen LogP contribution in [0.1, 0.15) is 22.3 Å². The van der Waals surface area contributed by atoms with E-state index in [2.05, 4.69) is 26.8 Å². The molecule has 190 valence electrons. The molecule has 2 aliphatic carbocycles. The number of hydrazine groups is 1. The van der Waals surface area contributed by atoms with Gasteiger partial charge in [-0.05, 0) is 48.1 Å². The van der Waals surface area contributed by atoms with E-state index in [4.69, 9.17) is 4.74 Å². The van der Waals surface area contributed by atoms with E-state index < -0.39 is 42.3 Å². The molecule has 2 aromatic carbocycles. The molecule has 10 heteroatoms. The molecule has 2 fully saturated rings. The van der Waals surface area contributed by atoms with Crippen LogP contribution >= 0.6 is 15.9 Å². The lowest BCUT2D eigenvalue weighted by molar-refractivity contribution is -0.160. The molecule has 9 nitrogen and oxygen atoms in total. The second-order valence-electron chi connectivity index (χ2n) is 9.37. The monoisotopic (exact) mass is 565 g/mol.